The van der Waals surface area contributed by atoms with E-state index in [4.69, 9.17) is 11.6 Å². The minimum Gasteiger partial charge on any atom is -0.391 e. The van der Waals surface area contributed by atoms with E-state index >= 15 is 0 Å². The van der Waals surface area contributed by atoms with E-state index in [-0.39, 0.29) is 12.1 Å². The number of rotatable bonds is 2. The summed E-state index contributed by atoms with van der Waals surface area (Å²) in [4.78, 5) is 7.85. The van der Waals surface area contributed by atoms with Crippen molar-refractivity contribution in [3.05, 3.63) is 17.5 Å². The Morgan fingerprint density at radius 2 is 2.20 bits per heavy atom. The summed E-state index contributed by atoms with van der Waals surface area (Å²) >= 11 is 5.92. The first-order valence-corrected chi connectivity index (χ1v) is 5.55. The summed E-state index contributed by atoms with van der Waals surface area (Å²) in [7, 11) is 0. The zero-order valence-electron chi connectivity index (χ0n) is 8.36. The fourth-order valence-corrected chi connectivity index (χ4v) is 2.03. The lowest BCUT2D eigenvalue weighted by atomic mass is 9.93. The van der Waals surface area contributed by atoms with Crippen LogP contribution in [0.4, 0.5) is 5.82 Å². The Bertz CT molecular complexity index is 334. The smallest absolute Gasteiger partial charge is 0.148 e. The Hall–Kier alpha value is -0.870. The minimum absolute atomic E-state index is 0.0613. The van der Waals surface area contributed by atoms with E-state index in [0.29, 0.717) is 10.8 Å². The van der Waals surface area contributed by atoms with Gasteiger partial charge in [-0.15, -0.1) is 0 Å². The fraction of sp³-hybridized carbons (Fsp3) is 0.600. The van der Waals surface area contributed by atoms with Gasteiger partial charge in [0.25, 0.3) is 0 Å². The first-order valence-electron chi connectivity index (χ1n) is 5.17. The summed E-state index contributed by atoms with van der Waals surface area (Å²) in [5.41, 5.74) is 0. The van der Waals surface area contributed by atoms with Crippen molar-refractivity contribution in [1.29, 1.82) is 0 Å². The van der Waals surface area contributed by atoms with Crippen LogP contribution in [0.3, 0.4) is 0 Å². The molecule has 0 saturated heterocycles. The van der Waals surface area contributed by atoms with Crippen molar-refractivity contribution in [2.75, 3.05) is 5.32 Å². The third kappa shape index (κ3) is 2.58. The minimum atomic E-state index is -0.301. The largest absolute Gasteiger partial charge is 0.391 e. The molecule has 4 nitrogen and oxygen atoms in total. The van der Waals surface area contributed by atoms with Crippen LogP contribution in [0, 0.1) is 0 Å². The van der Waals surface area contributed by atoms with Gasteiger partial charge in [0.1, 0.15) is 17.2 Å². The number of hydrogen-bond acceptors (Lipinski definition) is 4. The van der Waals surface area contributed by atoms with Gasteiger partial charge in [0.15, 0.2) is 0 Å². The van der Waals surface area contributed by atoms with Crippen LogP contribution < -0.4 is 5.32 Å². The van der Waals surface area contributed by atoms with E-state index < -0.39 is 0 Å². The molecule has 2 unspecified atom stereocenters. The van der Waals surface area contributed by atoms with Gasteiger partial charge in [0.2, 0.25) is 0 Å². The molecule has 0 bridgehead atoms. The lowest BCUT2D eigenvalue weighted by Gasteiger charge is -2.28. The molecule has 1 heterocycles. The monoisotopic (exact) mass is 227 g/mol. The Morgan fingerprint density at radius 1 is 1.40 bits per heavy atom. The number of aliphatic hydroxyl groups is 1. The topological polar surface area (TPSA) is 58.0 Å². The standard InChI is InChI=1S/C10H14ClN3O/c11-7-5-12-6-13-10(7)14-8-3-1-2-4-9(8)15/h5-6,8-9,15H,1-4H2,(H,12,13,14). The zero-order valence-corrected chi connectivity index (χ0v) is 9.11. The summed E-state index contributed by atoms with van der Waals surface area (Å²) < 4.78 is 0. The van der Waals surface area contributed by atoms with Crippen molar-refractivity contribution in [2.24, 2.45) is 0 Å². The van der Waals surface area contributed by atoms with E-state index in [2.05, 4.69) is 15.3 Å². The number of hydrogen-bond donors (Lipinski definition) is 2. The maximum absolute atomic E-state index is 9.77. The second-order valence-electron chi connectivity index (χ2n) is 3.82. The molecule has 0 aliphatic heterocycles. The van der Waals surface area contributed by atoms with Crippen LogP contribution in [-0.4, -0.2) is 27.2 Å². The molecule has 5 heteroatoms. The lowest BCUT2D eigenvalue weighted by molar-refractivity contribution is 0.116. The maximum atomic E-state index is 9.77. The molecule has 2 rings (SSSR count). The molecule has 0 aromatic carbocycles. The molecule has 0 amide bonds. The summed E-state index contributed by atoms with van der Waals surface area (Å²) in [5.74, 6) is 0.609. The highest BCUT2D eigenvalue weighted by Crippen LogP contribution is 2.24. The van der Waals surface area contributed by atoms with Crippen LogP contribution in [0.15, 0.2) is 12.5 Å². The van der Waals surface area contributed by atoms with E-state index in [0.717, 1.165) is 25.7 Å². The number of nitrogens with zero attached hydrogens (tertiary/aromatic N) is 2. The molecule has 0 spiro atoms. The van der Waals surface area contributed by atoms with Gasteiger partial charge in [-0.3, -0.25) is 0 Å². The van der Waals surface area contributed by atoms with Crippen LogP contribution in [0.2, 0.25) is 5.02 Å². The summed E-state index contributed by atoms with van der Waals surface area (Å²) in [6, 6.07) is 0.0613. The molecule has 82 valence electrons. The van der Waals surface area contributed by atoms with Crippen molar-refractivity contribution in [2.45, 2.75) is 37.8 Å². The average Bonchev–Trinajstić information content (AvgIpc) is 2.24. The molecule has 15 heavy (non-hydrogen) atoms. The van der Waals surface area contributed by atoms with Crippen LogP contribution in [0.5, 0.6) is 0 Å². The second kappa shape index (κ2) is 4.77. The van der Waals surface area contributed by atoms with Crippen LogP contribution in [-0.2, 0) is 0 Å². The maximum Gasteiger partial charge on any atom is 0.148 e. The Morgan fingerprint density at radius 3 is 2.93 bits per heavy atom. The first-order chi connectivity index (χ1) is 7.27. The van der Waals surface area contributed by atoms with Gasteiger partial charge in [-0.25, -0.2) is 9.97 Å². The van der Waals surface area contributed by atoms with Gasteiger partial charge in [-0.2, -0.15) is 0 Å². The molecule has 1 aromatic heterocycles. The van der Waals surface area contributed by atoms with Gasteiger partial charge in [-0.05, 0) is 12.8 Å². The third-order valence-corrected chi connectivity index (χ3v) is 3.00. The van der Waals surface area contributed by atoms with Crippen LogP contribution in [0.25, 0.3) is 0 Å². The van der Waals surface area contributed by atoms with Gasteiger partial charge in [0.05, 0.1) is 18.3 Å². The molecule has 1 saturated carbocycles. The van der Waals surface area contributed by atoms with Crippen LogP contribution >= 0.6 is 11.6 Å². The Balaban J connectivity index is 2.04. The molecular formula is C10H14ClN3O. The van der Waals surface area contributed by atoms with Gasteiger partial charge in [0, 0.05) is 0 Å². The molecule has 2 N–H and O–H groups in total. The molecule has 1 aliphatic carbocycles. The van der Waals surface area contributed by atoms with E-state index in [1.807, 2.05) is 0 Å². The predicted molar refractivity (Wildman–Crippen MR) is 58.9 cm³/mol. The molecule has 1 aromatic rings. The van der Waals surface area contributed by atoms with Gasteiger partial charge in [-0.1, -0.05) is 24.4 Å². The van der Waals surface area contributed by atoms with Crippen LogP contribution in [0.1, 0.15) is 25.7 Å². The number of aromatic nitrogens is 2. The SMILES string of the molecule is OC1CCCCC1Nc1ncncc1Cl. The van der Waals surface area contributed by atoms with E-state index in [1.165, 1.54) is 6.33 Å². The number of aliphatic hydroxyl groups excluding tert-OH is 1. The molecule has 2 atom stereocenters. The lowest BCUT2D eigenvalue weighted by Crippen LogP contribution is -2.36. The van der Waals surface area contributed by atoms with Crippen molar-refractivity contribution in [3.63, 3.8) is 0 Å². The van der Waals surface area contributed by atoms with E-state index in [9.17, 15) is 5.11 Å². The van der Waals surface area contributed by atoms with Gasteiger partial charge >= 0.3 is 0 Å². The molecule has 0 radical (unpaired) electrons. The van der Waals surface area contributed by atoms with Gasteiger partial charge < -0.3 is 10.4 Å². The highest BCUT2D eigenvalue weighted by molar-refractivity contribution is 6.32. The number of nitrogens with one attached hydrogen (secondary N) is 1. The number of halogens is 1. The molecular weight excluding hydrogens is 214 g/mol. The summed E-state index contributed by atoms with van der Waals surface area (Å²) in [6.45, 7) is 0. The average molecular weight is 228 g/mol. The summed E-state index contributed by atoms with van der Waals surface area (Å²) in [5, 5.41) is 13.4. The fourth-order valence-electron chi connectivity index (χ4n) is 1.87. The quantitative estimate of drug-likeness (QED) is 0.810. The third-order valence-electron chi connectivity index (χ3n) is 2.72. The number of anilines is 1. The van der Waals surface area contributed by atoms with Crippen molar-refractivity contribution in [3.8, 4) is 0 Å². The zero-order chi connectivity index (χ0) is 10.7. The predicted octanol–water partition coefficient (Wildman–Crippen LogP) is 1.85. The second-order valence-corrected chi connectivity index (χ2v) is 4.23. The first kappa shape index (κ1) is 10.6. The Labute approximate surface area is 93.7 Å². The normalized spacial score (nSPS) is 26.3. The van der Waals surface area contributed by atoms with Crippen molar-refractivity contribution >= 4 is 17.4 Å². The highest BCUT2D eigenvalue weighted by atomic mass is 35.5. The summed E-state index contributed by atoms with van der Waals surface area (Å²) in [6.07, 6.45) is 6.73. The highest BCUT2D eigenvalue weighted by Gasteiger charge is 2.23. The molecule has 1 fully saturated rings. The Kier molecular flexibility index (Phi) is 3.38. The van der Waals surface area contributed by atoms with Crippen molar-refractivity contribution < 1.29 is 5.11 Å². The molecule has 1 aliphatic rings. The van der Waals surface area contributed by atoms with Crippen molar-refractivity contribution in [1.82, 2.24) is 9.97 Å². The van der Waals surface area contributed by atoms with E-state index in [1.54, 1.807) is 6.20 Å².